The van der Waals surface area contributed by atoms with E-state index in [2.05, 4.69) is 31.7 Å². The zero-order valence-electron chi connectivity index (χ0n) is 20.3. The van der Waals surface area contributed by atoms with Crippen LogP contribution in [0, 0.1) is 0 Å². The number of carbonyl (C=O) groups excluding carboxylic acids is 1. The van der Waals surface area contributed by atoms with Crippen molar-refractivity contribution < 1.29 is 11.0 Å². The second-order valence-electron chi connectivity index (χ2n) is 7.95. The van der Waals surface area contributed by atoms with Crippen molar-refractivity contribution in [2.24, 2.45) is 5.73 Å². The molecule has 0 aromatic carbocycles. The molecule has 0 aliphatic rings. The fraction of sp³-hybridized carbons (Fsp3) is 0.955. The normalized spacial score (nSPS) is 11.6. The highest BCUT2D eigenvalue weighted by atomic mass is 35.5. The van der Waals surface area contributed by atoms with Crippen molar-refractivity contribution in [1.29, 1.82) is 0 Å². The molecule has 0 aliphatic heterocycles. The van der Waals surface area contributed by atoms with E-state index in [1.807, 2.05) is 44.3 Å². The van der Waals surface area contributed by atoms with E-state index in [-0.39, 0.29) is 60.4 Å². The summed E-state index contributed by atoms with van der Waals surface area (Å²) >= 11 is 3.69. The molecule has 0 aromatic heterocycles. The third-order valence-electron chi connectivity index (χ3n) is 3.92. The summed E-state index contributed by atoms with van der Waals surface area (Å²) in [6, 6.07) is 0.699. The molecule has 2 atom stereocenters. The van der Waals surface area contributed by atoms with Gasteiger partial charge in [0.25, 0.3) is 0 Å². The van der Waals surface area contributed by atoms with Gasteiger partial charge < -0.3 is 15.8 Å². The van der Waals surface area contributed by atoms with E-state index in [1.165, 1.54) is 31.4 Å². The number of carbonyl (C=O) groups is 1. The molecule has 9 heteroatoms. The Labute approximate surface area is 225 Å². The van der Waals surface area contributed by atoms with E-state index in [4.69, 9.17) is 10.5 Å². The summed E-state index contributed by atoms with van der Waals surface area (Å²) in [7, 11) is 0. The molecule has 0 unspecified atom stereocenters. The van der Waals surface area contributed by atoms with Crippen LogP contribution in [0.3, 0.4) is 0 Å². The van der Waals surface area contributed by atoms with Crippen molar-refractivity contribution in [2.75, 3.05) is 24.0 Å². The van der Waals surface area contributed by atoms with Gasteiger partial charge in [0.05, 0.1) is 0 Å². The lowest BCUT2D eigenvalue weighted by atomic mass is 10.1. The van der Waals surface area contributed by atoms with Crippen molar-refractivity contribution in [3.05, 3.63) is 0 Å². The van der Waals surface area contributed by atoms with Gasteiger partial charge in [-0.25, -0.2) is 4.79 Å². The van der Waals surface area contributed by atoms with Gasteiger partial charge in [-0.1, -0.05) is 47.0 Å². The average Bonchev–Trinajstić information content (AvgIpc) is 2.59. The zero-order chi connectivity index (χ0) is 21.1. The lowest BCUT2D eigenvalue weighted by Crippen LogP contribution is -2.39. The molecule has 0 rings (SSSR count). The Morgan fingerprint density at radius 1 is 0.968 bits per heavy atom. The highest BCUT2D eigenvalue weighted by molar-refractivity contribution is 7.98. The van der Waals surface area contributed by atoms with Crippen LogP contribution in [0.25, 0.3) is 0 Å². The fourth-order valence-electron chi connectivity index (χ4n) is 2.35. The van der Waals surface area contributed by atoms with Crippen LogP contribution >= 0.6 is 62.9 Å². The van der Waals surface area contributed by atoms with Crippen LogP contribution < -0.4 is 11.1 Å². The number of hydrogen-bond acceptors (Lipinski definition) is 5. The van der Waals surface area contributed by atoms with Crippen molar-refractivity contribution >= 4 is 69.0 Å². The quantitative estimate of drug-likeness (QED) is 0.249. The second-order valence-corrected chi connectivity index (χ2v) is 9.92. The number of halogens is 1. The van der Waals surface area contributed by atoms with Crippen LogP contribution in [0.15, 0.2) is 0 Å². The van der Waals surface area contributed by atoms with Gasteiger partial charge in [-0.3, -0.25) is 0 Å². The molecule has 0 saturated heterocycles. The third-order valence-corrected chi connectivity index (χ3v) is 5.21. The molecule has 0 bridgehead atoms. The summed E-state index contributed by atoms with van der Waals surface area (Å²) in [5, 5.41) is 2.97. The van der Waals surface area contributed by atoms with E-state index in [0.717, 1.165) is 31.4 Å². The van der Waals surface area contributed by atoms with Crippen molar-refractivity contribution in [2.45, 2.75) is 111 Å². The lowest BCUT2D eigenvalue weighted by molar-refractivity contribution is 0.0500. The second kappa shape index (κ2) is 30.9. The van der Waals surface area contributed by atoms with Crippen LogP contribution in [0.5, 0.6) is 0 Å². The minimum absolute atomic E-state index is 0. The van der Waals surface area contributed by atoms with Crippen LogP contribution in [0.2, 0.25) is 0 Å². The lowest BCUT2D eigenvalue weighted by Gasteiger charge is -2.23. The molecule has 0 radical (unpaired) electrons. The molecular formula is C22H57ClN2O2S4. The number of nitrogens with one attached hydrogen (secondary N) is 1. The van der Waals surface area contributed by atoms with Crippen LogP contribution in [0.4, 0.5) is 4.79 Å². The highest BCUT2D eigenvalue weighted by Crippen LogP contribution is 2.11. The van der Waals surface area contributed by atoms with Gasteiger partial charge in [0.1, 0.15) is 5.60 Å². The smallest absolute Gasteiger partial charge is 0.407 e. The Morgan fingerprint density at radius 2 is 1.42 bits per heavy atom. The summed E-state index contributed by atoms with van der Waals surface area (Å²) in [6.07, 6.45) is 13.2. The Kier molecular flexibility index (Phi) is 45.3. The standard InChI is InChI=1S/C13H27NO2S.C8H19NS.CH4.ClH.2H2S.H2/c1-6-7-8-11(9-10-17-5)14-12(15)16-13(2,3)4;1-3-4-5-8(9)6-7-10-2;;;;;/h11H,6-10H2,1-5H3,(H,14,15);8H,3-7,9H2,1-2H3;1H4;1H;2*1H2;1H/t11-;8-;;;;;/m00...../s1/i;;;;;;1+1. The molecule has 0 heterocycles. The summed E-state index contributed by atoms with van der Waals surface area (Å²) in [5.74, 6) is 2.29. The maximum absolute atomic E-state index is 11.7. The molecule has 3 N–H and O–H groups in total. The number of nitrogens with two attached hydrogens (primary N) is 1. The minimum atomic E-state index is -0.418. The van der Waals surface area contributed by atoms with Crippen molar-refractivity contribution in [3.8, 4) is 0 Å². The van der Waals surface area contributed by atoms with Gasteiger partial charge in [0.15, 0.2) is 0 Å². The van der Waals surface area contributed by atoms with E-state index < -0.39 is 5.60 Å². The fourth-order valence-corrected chi connectivity index (χ4v) is 3.41. The molecule has 198 valence electrons. The molecule has 4 nitrogen and oxygen atoms in total. The Balaban J connectivity index is -0.0000000738. The first-order chi connectivity index (χ1) is 12.7. The largest absolute Gasteiger partial charge is 0.444 e. The van der Waals surface area contributed by atoms with Crippen molar-refractivity contribution in [3.63, 3.8) is 0 Å². The summed E-state index contributed by atoms with van der Waals surface area (Å²) in [4.78, 5) is 11.7. The van der Waals surface area contributed by atoms with E-state index >= 15 is 0 Å². The predicted molar refractivity (Wildman–Crippen MR) is 163 cm³/mol. The first-order valence-electron chi connectivity index (χ1n) is 10.4. The Morgan fingerprint density at radius 3 is 1.84 bits per heavy atom. The van der Waals surface area contributed by atoms with E-state index in [0.29, 0.717) is 6.04 Å². The molecule has 0 saturated carbocycles. The molecule has 0 aliphatic carbocycles. The van der Waals surface area contributed by atoms with E-state index in [9.17, 15) is 4.79 Å². The van der Waals surface area contributed by atoms with Gasteiger partial charge in [-0.15, -0.1) is 12.4 Å². The van der Waals surface area contributed by atoms with E-state index in [1.54, 1.807) is 0 Å². The number of amides is 1. The topological polar surface area (TPSA) is 64.3 Å². The number of hydrogen-bond donors (Lipinski definition) is 2. The average molecular weight is 546 g/mol. The van der Waals surface area contributed by atoms with Gasteiger partial charge in [0, 0.05) is 13.5 Å². The number of thioether (sulfide) groups is 2. The number of unbranched alkanes of at least 4 members (excludes halogenated alkanes) is 2. The number of rotatable bonds is 13. The number of ether oxygens (including phenoxy) is 1. The summed E-state index contributed by atoms with van der Waals surface area (Å²) in [6.45, 7) is 10.0. The Bertz CT molecular complexity index is 340. The first-order valence-corrected chi connectivity index (χ1v) is 13.2. The van der Waals surface area contributed by atoms with Crippen LogP contribution in [0.1, 0.15) is 94.8 Å². The third kappa shape index (κ3) is 38.5. The van der Waals surface area contributed by atoms with Crippen LogP contribution in [-0.2, 0) is 4.74 Å². The molecule has 1 amide bonds. The molecular weight excluding hydrogens is 488 g/mol. The first kappa shape index (κ1) is 45.4. The summed E-state index contributed by atoms with van der Waals surface area (Å²) in [5.41, 5.74) is 5.41. The Hall–Kier alpha value is 0.920. The maximum atomic E-state index is 11.7. The number of alkyl carbamates (subject to hydrolysis) is 1. The van der Waals surface area contributed by atoms with Gasteiger partial charge in [0.2, 0.25) is 0 Å². The SMILES string of the molecule is C.CCCC[C@@H](CCSC)NC(=O)OC(C)(C)C.CCCC[C@H](N)CCSC.Cl.S.S.[2HH]. The van der Waals surface area contributed by atoms with Gasteiger partial charge >= 0.3 is 6.09 Å². The molecule has 0 aromatic rings. The zero-order valence-corrected chi connectivity index (χ0v) is 24.8. The highest BCUT2D eigenvalue weighted by Gasteiger charge is 2.18. The maximum Gasteiger partial charge on any atom is 0.407 e. The van der Waals surface area contributed by atoms with Crippen molar-refractivity contribution in [1.82, 2.24) is 5.32 Å². The minimum Gasteiger partial charge on any atom is -0.444 e. The van der Waals surface area contributed by atoms with Gasteiger partial charge in [-0.2, -0.15) is 50.5 Å². The van der Waals surface area contributed by atoms with Gasteiger partial charge in [-0.05, 0) is 70.5 Å². The summed E-state index contributed by atoms with van der Waals surface area (Å²) < 4.78 is 5.27. The molecule has 0 spiro atoms. The van der Waals surface area contributed by atoms with Crippen LogP contribution in [-0.4, -0.2) is 47.8 Å². The monoisotopic (exact) mass is 545 g/mol. The molecule has 31 heavy (non-hydrogen) atoms. The predicted octanol–water partition coefficient (Wildman–Crippen LogP) is 7.61. The molecule has 0 fully saturated rings.